The lowest BCUT2D eigenvalue weighted by Gasteiger charge is -2.34. The maximum Gasteiger partial charge on any atom is 0.253 e. The van der Waals surface area contributed by atoms with Crippen LogP contribution in [0.1, 0.15) is 22.8 Å². The Bertz CT molecular complexity index is 786. The standard InChI is InChI=1S/C19H21FN4O2/c1-14(25)23-8-10-24(11-9-23)18-7-6-16(13-21-18)19(26)22-12-15-4-2-3-5-17(15)20/h2-7,13H,8-12H2,1H3,(H,22,26). The molecule has 0 saturated carbocycles. The van der Waals surface area contributed by atoms with Crippen LogP contribution in [0.2, 0.25) is 0 Å². The second kappa shape index (κ2) is 7.95. The lowest BCUT2D eigenvalue weighted by molar-refractivity contribution is -0.129. The minimum Gasteiger partial charge on any atom is -0.353 e. The van der Waals surface area contributed by atoms with Crippen molar-refractivity contribution in [3.8, 4) is 0 Å². The van der Waals surface area contributed by atoms with Crippen LogP contribution in [0.4, 0.5) is 10.2 Å². The van der Waals surface area contributed by atoms with Crippen LogP contribution >= 0.6 is 0 Å². The molecule has 1 aromatic heterocycles. The van der Waals surface area contributed by atoms with Gasteiger partial charge in [0.1, 0.15) is 11.6 Å². The largest absolute Gasteiger partial charge is 0.353 e. The number of hydrogen-bond donors (Lipinski definition) is 1. The van der Waals surface area contributed by atoms with Gasteiger partial charge in [0.15, 0.2) is 0 Å². The van der Waals surface area contributed by atoms with Gasteiger partial charge in [0.25, 0.3) is 5.91 Å². The number of carbonyl (C=O) groups excluding carboxylic acids is 2. The molecule has 0 unspecified atom stereocenters. The van der Waals surface area contributed by atoms with Gasteiger partial charge in [-0.15, -0.1) is 0 Å². The Morgan fingerprint density at radius 1 is 1.12 bits per heavy atom. The molecule has 2 amide bonds. The summed E-state index contributed by atoms with van der Waals surface area (Å²) in [5.74, 6) is 0.220. The SMILES string of the molecule is CC(=O)N1CCN(c2ccc(C(=O)NCc3ccccc3F)cn2)CC1. The molecule has 2 heterocycles. The number of nitrogens with one attached hydrogen (secondary N) is 1. The molecule has 136 valence electrons. The number of amides is 2. The highest BCUT2D eigenvalue weighted by atomic mass is 19.1. The molecule has 0 bridgehead atoms. The Hall–Kier alpha value is -2.96. The first-order chi connectivity index (χ1) is 12.5. The molecule has 0 atom stereocenters. The van der Waals surface area contributed by atoms with E-state index < -0.39 is 0 Å². The first-order valence-electron chi connectivity index (χ1n) is 8.52. The second-order valence-corrected chi connectivity index (χ2v) is 6.17. The summed E-state index contributed by atoms with van der Waals surface area (Å²) in [6.45, 7) is 4.46. The molecular formula is C19H21FN4O2. The molecule has 1 saturated heterocycles. The molecule has 3 rings (SSSR count). The number of carbonyl (C=O) groups is 2. The van der Waals surface area contributed by atoms with E-state index in [4.69, 9.17) is 0 Å². The molecule has 1 aliphatic rings. The molecule has 6 nitrogen and oxygen atoms in total. The fourth-order valence-corrected chi connectivity index (χ4v) is 2.88. The predicted octanol–water partition coefficient (Wildman–Crippen LogP) is 1.82. The fraction of sp³-hybridized carbons (Fsp3) is 0.316. The van der Waals surface area contributed by atoms with Gasteiger partial charge in [-0.2, -0.15) is 0 Å². The van der Waals surface area contributed by atoms with Crippen molar-refractivity contribution in [1.82, 2.24) is 15.2 Å². The number of nitrogens with zero attached hydrogens (tertiary/aromatic N) is 3. The van der Waals surface area contributed by atoms with E-state index in [0.29, 0.717) is 37.3 Å². The van der Waals surface area contributed by atoms with E-state index in [9.17, 15) is 14.0 Å². The van der Waals surface area contributed by atoms with Gasteiger partial charge in [0.2, 0.25) is 5.91 Å². The lowest BCUT2D eigenvalue weighted by atomic mass is 10.2. The average Bonchev–Trinajstić information content (AvgIpc) is 2.67. The summed E-state index contributed by atoms with van der Waals surface area (Å²) in [5, 5.41) is 2.70. The van der Waals surface area contributed by atoms with E-state index in [1.54, 1.807) is 42.2 Å². The van der Waals surface area contributed by atoms with Crippen LogP contribution < -0.4 is 10.2 Å². The highest BCUT2D eigenvalue weighted by Crippen LogP contribution is 2.14. The first-order valence-corrected chi connectivity index (χ1v) is 8.52. The third-order valence-electron chi connectivity index (χ3n) is 4.46. The lowest BCUT2D eigenvalue weighted by Crippen LogP contribution is -2.48. The molecule has 0 aliphatic carbocycles. The quantitative estimate of drug-likeness (QED) is 0.908. The maximum atomic E-state index is 13.6. The Morgan fingerprint density at radius 3 is 2.46 bits per heavy atom. The number of hydrogen-bond acceptors (Lipinski definition) is 4. The van der Waals surface area contributed by atoms with Gasteiger partial charge in [-0.1, -0.05) is 18.2 Å². The summed E-state index contributed by atoms with van der Waals surface area (Å²) < 4.78 is 13.6. The Labute approximate surface area is 151 Å². The predicted molar refractivity (Wildman–Crippen MR) is 96.3 cm³/mol. The summed E-state index contributed by atoms with van der Waals surface area (Å²) in [4.78, 5) is 31.8. The molecule has 26 heavy (non-hydrogen) atoms. The zero-order valence-corrected chi connectivity index (χ0v) is 14.6. The molecule has 0 radical (unpaired) electrons. The number of halogens is 1. The van der Waals surface area contributed by atoms with Crippen LogP contribution in [0.3, 0.4) is 0 Å². The molecule has 1 fully saturated rings. The number of rotatable bonds is 4. The van der Waals surface area contributed by atoms with Gasteiger partial charge < -0.3 is 15.1 Å². The number of anilines is 1. The normalized spacial score (nSPS) is 14.2. The van der Waals surface area contributed by atoms with Crippen molar-refractivity contribution in [2.45, 2.75) is 13.5 Å². The third kappa shape index (κ3) is 4.17. The Balaban J connectivity index is 1.56. The van der Waals surface area contributed by atoms with E-state index >= 15 is 0 Å². The molecule has 1 aliphatic heterocycles. The summed E-state index contributed by atoms with van der Waals surface area (Å²) in [6.07, 6.45) is 1.52. The fourth-order valence-electron chi connectivity index (χ4n) is 2.88. The summed E-state index contributed by atoms with van der Waals surface area (Å²) in [5.41, 5.74) is 0.862. The number of aromatic nitrogens is 1. The topological polar surface area (TPSA) is 65.5 Å². The van der Waals surface area contributed by atoms with Crippen LogP contribution in [-0.4, -0.2) is 47.9 Å². The highest BCUT2D eigenvalue weighted by Gasteiger charge is 2.19. The monoisotopic (exact) mass is 356 g/mol. The van der Waals surface area contributed by atoms with Crippen molar-refractivity contribution >= 4 is 17.6 Å². The van der Waals surface area contributed by atoms with Gasteiger partial charge in [-0.3, -0.25) is 9.59 Å². The van der Waals surface area contributed by atoms with E-state index in [0.717, 1.165) is 5.82 Å². The smallest absolute Gasteiger partial charge is 0.253 e. The first kappa shape index (κ1) is 17.8. The van der Waals surface area contributed by atoms with Gasteiger partial charge in [-0.05, 0) is 18.2 Å². The number of pyridine rings is 1. The van der Waals surface area contributed by atoms with Crippen molar-refractivity contribution in [2.75, 3.05) is 31.1 Å². The zero-order chi connectivity index (χ0) is 18.5. The van der Waals surface area contributed by atoms with Gasteiger partial charge >= 0.3 is 0 Å². The summed E-state index contributed by atoms with van der Waals surface area (Å²) >= 11 is 0. The van der Waals surface area contributed by atoms with Crippen molar-refractivity contribution < 1.29 is 14.0 Å². The van der Waals surface area contributed by atoms with Crippen LogP contribution in [0.25, 0.3) is 0 Å². The van der Waals surface area contributed by atoms with Crippen LogP contribution in [0.5, 0.6) is 0 Å². The molecular weight excluding hydrogens is 335 g/mol. The van der Waals surface area contributed by atoms with Crippen molar-refractivity contribution in [1.29, 1.82) is 0 Å². The molecule has 7 heteroatoms. The van der Waals surface area contributed by atoms with E-state index in [2.05, 4.69) is 15.2 Å². The van der Waals surface area contributed by atoms with Gasteiger partial charge in [0, 0.05) is 51.4 Å². The molecule has 1 N–H and O–H groups in total. The number of piperazine rings is 1. The number of benzene rings is 1. The van der Waals surface area contributed by atoms with Crippen molar-refractivity contribution in [3.63, 3.8) is 0 Å². The van der Waals surface area contributed by atoms with Crippen LogP contribution in [0.15, 0.2) is 42.6 Å². The van der Waals surface area contributed by atoms with E-state index in [-0.39, 0.29) is 24.2 Å². The maximum absolute atomic E-state index is 13.6. The summed E-state index contributed by atoms with van der Waals surface area (Å²) in [6, 6.07) is 9.84. The second-order valence-electron chi connectivity index (χ2n) is 6.17. The molecule has 1 aromatic carbocycles. The van der Waals surface area contributed by atoms with Crippen LogP contribution in [0, 0.1) is 5.82 Å². The van der Waals surface area contributed by atoms with Crippen LogP contribution in [-0.2, 0) is 11.3 Å². The molecule has 0 spiro atoms. The van der Waals surface area contributed by atoms with E-state index in [1.165, 1.54) is 12.3 Å². The van der Waals surface area contributed by atoms with Gasteiger partial charge in [-0.25, -0.2) is 9.37 Å². The zero-order valence-electron chi connectivity index (χ0n) is 14.6. The molecule has 2 aromatic rings. The average molecular weight is 356 g/mol. The minimum atomic E-state index is -0.342. The van der Waals surface area contributed by atoms with Gasteiger partial charge in [0.05, 0.1) is 5.56 Å². The third-order valence-corrected chi connectivity index (χ3v) is 4.46. The summed E-state index contributed by atoms with van der Waals surface area (Å²) in [7, 11) is 0. The van der Waals surface area contributed by atoms with Crippen molar-refractivity contribution in [3.05, 3.63) is 59.5 Å². The Kier molecular flexibility index (Phi) is 5.46. The highest BCUT2D eigenvalue weighted by molar-refractivity contribution is 5.94. The van der Waals surface area contributed by atoms with Crippen molar-refractivity contribution in [2.24, 2.45) is 0 Å². The van der Waals surface area contributed by atoms with E-state index in [1.807, 2.05) is 0 Å². The Morgan fingerprint density at radius 2 is 1.85 bits per heavy atom. The minimum absolute atomic E-state index is 0.0829.